The lowest BCUT2D eigenvalue weighted by atomic mass is 10.3. The summed E-state index contributed by atoms with van der Waals surface area (Å²) in [6.07, 6.45) is 0. The van der Waals surface area contributed by atoms with E-state index >= 15 is 0 Å². The van der Waals surface area contributed by atoms with E-state index in [9.17, 15) is 0 Å². The monoisotopic (exact) mass is 243 g/mol. The first-order chi connectivity index (χ1) is 8.33. The minimum absolute atomic E-state index is 0.886. The highest BCUT2D eigenvalue weighted by molar-refractivity contribution is 7.09. The van der Waals surface area contributed by atoms with Gasteiger partial charge in [0, 0.05) is 11.9 Å². The van der Waals surface area contributed by atoms with E-state index in [2.05, 4.69) is 39.4 Å². The van der Waals surface area contributed by atoms with E-state index in [1.54, 1.807) is 11.3 Å². The summed E-state index contributed by atoms with van der Waals surface area (Å²) in [5.74, 6) is 0.916. The molecule has 1 aromatic carbocycles. The van der Waals surface area contributed by atoms with Gasteiger partial charge in [-0.2, -0.15) is 0 Å². The molecule has 0 bridgehead atoms. The predicted molar refractivity (Wildman–Crippen MR) is 72.5 cm³/mol. The van der Waals surface area contributed by atoms with Crippen LogP contribution in [0.15, 0.2) is 41.8 Å². The molecule has 17 heavy (non-hydrogen) atoms. The summed E-state index contributed by atoms with van der Waals surface area (Å²) in [5.41, 5.74) is 2.10. The van der Waals surface area contributed by atoms with E-state index in [-0.39, 0.29) is 0 Å². The van der Waals surface area contributed by atoms with Gasteiger partial charge in [-0.15, -0.1) is 11.3 Å². The Morgan fingerprint density at radius 2 is 2.12 bits per heavy atom. The van der Waals surface area contributed by atoms with Gasteiger partial charge in [0.1, 0.15) is 0 Å². The Labute approximate surface area is 104 Å². The second-order valence-corrected chi connectivity index (χ2v) is 5.05. The summed E-state index contributed by atoms with van der Waals surface area (Å²) in [6, 6.07) is 12.3. The number of hydrogen-bond acceptors (Lipinski definition) is 3. The van der Waals surface area contributed by atoms with Crippen molar-refractivity contribution in [1.29, 1.82) is 0 Å². The van der Waals surface area contributed by atoms with Gasteiger partial charge in [0.2, 0.25) is 5.95 Å². The number of nitrogens with one attached hydrogen (secondary N) is 1. The van der Waals surface area contributed by atoms with Gasteiger partial charge in [-0.25, -0.2) is 4.98 Å². The minimum atomic E-state index is 0.886. The number of para-hydroxylation sites is 2. The van der Waals surface area contributed by atoms with Crippen LogP contribution in [0.2, 0.25) is 0 Å². The van der Waals surface area contributed by atoms with Crippen molar-refractivity contribution in [2.75, 3.05) is 11.9 Å². The van der Waals surface area contributed by atoms with E-state index in [4.69, 9.17) is 0 Å². The number of rotatable bonds is 3. The third-order valence-electron chi connectivity index (χ3n) is 2.71. The average Bonchev–Trinajstić information content (AvgIpc) is 2.96. The van der Waals surface area contributed by atoms with Crippen LogP contribution in [-0.2, 0) is 6.54 Å². The first kappa shape index (κ1) is 10.4. The van der Waals surface area contributed by atoms with Crippen LogP contribution in [0.25, 0.3) is 11.0 Å². The number of thiophene rings is 1. The van der Waals surface area contributed by atoms with Crippen molar-refractivity contribution in [3.8, 4) is 0 Å². The molecule has 3 rings (SSSR count). The Bertz CT molecular complexity index is 579. The molecule has 0 aliphatic carbocycles. The van der Waals surface area contributed by atoms with Gasteiger partial charge in [0.05, 0.1) is 17.6 Å². The molecular weight excluding hydrogens is 230 g/mol. The number of aromatic amines is 1. The third-order valence-corrected chi connectivity index (χ3v) is 3.57. The standard InChI is InChI=1S/C13H13N3S/c1-16(9-10-5-4-8-17-10)13-14-11-6-2-3-7-12(11)15-13/h2-8H,9H2,1H3,(H,14,15). The molecule has 0 aliphatic heterocycles. The third kappa shape index (κ3) is 2.03. The SMILES string of the molecule is CN(Cc1cccs1)c1nc2ccccc2[nH]1. The average molecular weight is 243 g/mol. The molecule has 0 radical (unpaired) electrons. The number of hydrogen-bond donors (Lipinski definition) is 1. The molecular formula is C13H13N3S. The van der Waals surface area contributed by atoms with E-state index in [0.29, 0.717) is 0 Å². The first-order valence-electron chi connectivity index (χ1n) is 5.51. The molecule has 4 heteroatoms. The molecule has 0 amide bonds. The molecule has 0 fully saturated rings. The number of nitrogens with zero attached hydrogens (tertiary/aromatic N) is 2. The van der Waals surface area contributed by atoms with Crippen molar-refractivity contribution >= 4 is 28.3 Å². The van der Waals surface area contributed by atoms with Gasteiger partial charge < -0.3 is 9.88 Å². The molecule has 0 atom stereocenters. The summed E-state index contributed by atoms with van der Waals surface area (Å²) in [5, 5.41) is 2.10. The molecule has 0 spiro atoms. The molecule has 3 nitrogen and oxygen atoms in total. The van der Waals surface area contributed by atoms with Crippen molar-refractivity contribution in [2.45, 2.75) is 6.54 Å². The normalized spacial score (nSPS) is 10.9. The first-order valence-corrected chi connectivity index (χ1v) is 6.39. The zero-order valence-electron chi connectivity index (χ0n) is 9.55. The zero-order valence-corrected chi connectivity index (χ0v) is 10.4. The molecule has 0 saturated carbocycles. The van der Waals surface area contributed by atoms with Crippen molar-refractivity contribution in [3.05, 3.63) is 46.7 Å². The number of benzene rings is 1. The summed E-state index contributed by atoms with van der Waals surface area (Å²) in [6.45, 7) is 0.886. The van der Waals surface area contributed by atoms with Gasteiger partial charge >= 0.3 is 0 Å². The summed E-state index contributed by atoms with van der Waals surface area (Å²) < 4.78 is 0. The Balaban J connectivity index is 1.88. The molecule has 86 valence electrons. The van der Waals surface area contributed by atoms with Crippen molar-refractivity contribution in [3.63, 3.8) is 0 Å². The number of H-pyrrole nitrogens is 1. The molecule has 2 aromatic heterocycles. The van der Waals surface area contributed by atoms with E-state index in [0.717, 1.165) is 23.5 Å². The van der Waals surface area contributed by atoms with Crippen LogP contribution in [-0.4, -0.2) is 17.0 Å². The largest absolute Gasteiger partial charge is 0.340 e. The van der Waals surface area contributed by atoms with Crippen molar-refractivity contribution in [1.82, 2.24) is 9.97 Å². The van der Waals surface area contributed by atoms with Crippen LogP contribution in [0.4, 0.5) is 5.95 Å². The molecule has 2 heterocycles. The highest BCUT2D eigenvalue weighted by atomic mass is 32.1. The van der Waals surface area contributed by atoms with Crippen LogP contribution >= 0.6 is 11.3 Å². The summed E-state index contributed by atoms with van der Waals surface area (Å²) in [7, 11) is 2.05. The van der Waals surface area contributed by atoms with E-state index in [1.165, 1.54) is 4.88 Å². The highest BCUT2D eigenvalue weighted by Gasteiger charge is 2.07. The predicted octanol–water partition coefficient (Wildman–Crippen LogP) is 3.26. The van der Waals surface area contributed by atoms with Crippen LogP contribution in [0, 0.1) is 0 Å². The smallest absolute Gasteiger partial charge is 0.203 e. The van der Waals surface area contributed by atoms with Gasteiger partial charge in [-0.3, -0.25) is 0 Å². The quantitative estimate of drug-likeness (QED) is 0.765. The molecule has 0 saturated heterocycles. The molecule has 0 aliphatic rings. The summed E-state index contributed by atoms with van der Waals surface area (Å²) in [4.78, 5) is 11.4. The van der Waals surface area contributed by atoms with Gasteiger partial charge in [-0.05, 0) is 23.6 Å². The lowest BCUT2D eigenvalue weighted by Gasteiger charge is -2.14. The Morgan fingerprint density at radius 3 is 2.88 bits per heavy atom. The van der Waals surface area contributed by atoms with Crippen molar-refractivity contribution < 1.29 is 0 Å². The zero-order chi connectivity index (χ0) is 11.7. The highest BCUT2D eigenvalue weighted by Crippen LogP contribution is 2.19. The Hall–Kier alpha value is -1.81. The Morgan fingerprint density at radius 1 is 1.24 bits per heavy atom. The second-order valence-electron chi connectivity index (χ2n) is 4.01. The lowest BCUT2D eigenvalue weighted by molar-refractivity contribution is 0.898. The second kappa shape index (κ2) is 4.22. The fourth-order valence-corrected chi connectivity index (χ4v) is 2.59. The number of imidazole rings is 1. The molecule has 0 unspecified atom stereocenters. The fraction of sp³-hybridized carbons (Fsp3) is 0.154. The van der Waals surface area contributed by atoms with Gasteiger partial charge in [0.15, 0.2) is 0 Å². The fourth-order valence-electron chi connectivity index (χ4n) is 1.83. The minimum Gasteiger partial charge on any atom is -0.340 e. The topological polar surface area (TPSA) is 31.9 Å². The van der Waals surface area contributed by atoms with Crippen LogP contribution in [0.3, 0.4) is 0 Å². The molecule has 1 N–H and O–H groups in total. The maximum atomic E-state index is 4.57. The maximum Gasteiger partial charge on any atom is 0.203 e. The lowest BCUT2D eigenvalue weighted by Crippen LogP contribution is -2.16. The Kier molecular flexibility index (Phi) is 2.57. The van der Waals surface area contributed by atoms with Crippen LogP contribution in [0.5, 0.6) is 0 Å². The van der Waals surface area contributed by atoms with Gasteiger partial charge in [-0.1, -0.05) is 18.2 Å². The maximum absolute atomic E-state index is 4.57. The number of fused-ring (bicyclic) bond motifs is 1. The number of anilines is 1. The van der Waals surface area contributed by atoms with Crippen LogP contribution < -0.4 is 4.90 Å². The van der Waals surface area contributed by atoms with Gasteiger partial charge in [0.25, 0.3) is 0 Å². The molecule has 3 aromatic rings. The van der Waals surface area contributed by atoms with Crippen molar-refractivity contribution in [2.24, 2.45) is 0 Å². The number of aromatic nitrogens is 2. The van der Waals surface area contributed by atoms with Crippen LogP contribution in [0.1, 0.15) is 4.88 Å². The van der Waals surface area contributed by atoms with E-state index < -0.39 is 0 Å². The van der Waals surface area contributed by atoms with E-state index in [1.807, 2.05) is 24.3 Å². The summed E-state index contributed by atoms with van der Waals surface area (Å²) >= 11 is 1.77.